The largest absolute Gasteiger partial charge is 0.127 e. The molecule has 0 aromatic carbocycles. The van der Waals surface area contributed by atoms with Crippen molar-refractivity contribution in [1.29, 1.82) is 0 Å². The molecule has 0 bridgehead atoms. The topological polar surface area (TPSA) is 0 Å². The second kappa shape index (κ2) is 8.89. The van der Waals surface area contributed by atoms with E-state index in [-0.39, 0.29) is 0 Å². The summed E-state index contributed by atoms with van der Waals surface area (Å²) in [6.45, 7) is 0. The molecule has 0 aliphatic rings. The van der Waals surface area contributed by atoms with Crippen LogP contribution in [0.25, 0.3) is 0 Å². The lowest BCUT2D eigenvalue weighted by Gasteiger charge is -2.04. The number of rotatable bonds is 7. The highest BCUT2D eigenvalue weighted by atomic mass is 35.5. The van der Waals surface area contributed by atoms with E-state index in [1.807, 2.05) is 0 Å². The van der Waals surface area contributed by atoms with Crippen molar-refractivity contribution >= 4 is 33.4 Å². The van der Waals surface area contributed by atoms with Crippen molar-refractivity contribution in [2.75, 3.05) is 5.88 Å². The Labute approximate surface area is 83.1 Å². The number of halogens is 2. The monoisotopic (exact) mass is 212 g/mol. The minimum absolute atomic E-state index is 0.456. The number of alkyl halides is 2. The minimum Gasteiger partial charge on any atom is -0.127 e. The molecule has 0 nitrogen and oxygen atoms in total. The zero-order chi connectivity index (χ0) is 8.53. The third-order valence-corrected chi connectivity index (χ3v) is 4.14. The van der Waals surface area contributed by atoms with E-state index in [4.69, 9.17) is 23.2 Å². The molecule has 0 heterocycles. The Kier molecular flexibility index (Phi) is 9.53. The molecule has 1 atom stereocenters. The van der Waals surface area contributed by atoms with Crippen LogP contribution in [0.5, 0.6) is 0 Å². The standard InChI is InChI=1S/C8H18Cl2Si/c9-6-4-2-1-3-5-8(10)7-11/h8H,1-7H2,11H3. The van der Waals surface area contributed by atoms with Crippen LogP contribution in [-0.4, -0.2) is 21.5 Å². The lowest BCUT2D eigenvalue weighted by molar-refractivity contribution is 0.629. The van der Waals surface area contributed by atoms with Gasteiger partial charge in [-0.15, -0.1) is 23.2 Å². The average Bonchev–Trinajstić information content (AvgIpc) is 2.04. The number of hydrogen-bond donors (Lipinski definition) is 0. The van der Waals surface area contributed by atoms with Crippen molar-refractivity contribution in [3.05, 3.63) is 0 Å². The molecular formula is C8H18Cl2Si. The molecule has 0 radical (unpaired) electrons. The maximum Gasteiger partial charge on any atom is 0.0304 e. The molecule has 0 saturated heterocycles. The van der Waals surface area contributed by atoms with Gasteiger partial charge in [0.15, 0.2) is 0 Å². The van der Waals surface area contributed by atoms with Gasteiger partial charge in [0, 0.05) is 21.5 Å². The first-order valence-corrected chi connectivity index (χ1v) is 6.89. The van der Waals surface area contributed by atoms with Crippen molar-refractivity contribution in [3.8, 4) is 0 Å². The highest BCUT2D eigenvalue weighted by Gasteiger charge is 1.99. The van der Waals surface area contributed by atoms with Gasteiger partial charge in [-0.3, -0.25) is 0 Å². The molecule has 0 saturated carbocycles. The molecule has 0 aromatic heterocycles. The summed E-state index contributed by atoms with van der Waals surface area (Å²) in [5.74, 6) is 0.811. The molecular weight excluding hydrogens is 195 g/mol. The van der Waals surface area contributed by atoms with E-state index < -0.39 is 0 Å². The highest BCUT2D eigenvalue weighted by Crippen LogP contribution is 2.12. The van der Waals surface area contributed by atoms with Gasteiger partial charge < -0.3 is 0 Å². The summed E-state index contributed by atoms with van der Waals surface area (Å²) >= 11 is 11.5. The molecule has 0 spiro atoms. The van der Waals surface area contributed by atoms with Crippen molar-refractivity contribution < 1.29 is 0 Å². The second-order valence-corrected chi connectivity index (χ2v) is 4.71. The SMILES string of the molecule is [SiH3]CC(Cl)CCCCCCCl. The quantitative estimate of drug-likeness (QED) is 0.346. The predicted molar refractivity (Wildman–Crippen MR) is 58.2 cm³/mol. The fraction of sp³-hybridized carbons (Fsp3) is 1.00. The van der Waals surface area contributed by atoms with E-state index in [1.165, 1.54) is 42.0 Å². The smallest absolute Gasteiger partial charge is 0.0304 e. The molecule has 11 heavy (non-hydrogen) atoms. The fourth-order valence-corrected chi connectivity index (χ4v) is 1.77. The van der Waals surface area contributed by atoms with Crippen molar-refractivity contribution in [2.24, 2.45) is 0 Å². The molecule has 0 N–H and O–H groups in total. The Bertz CT molecular complexity index is 78.5. The van der Waals surface area contributed by atoms with E-state index in [0.29, 0.717) is 5.38 Å². The van der Waals surface area contributed by atoms with E-state index in [1.54, 1.807) is 0 Å². The van der Waals surface area contributed by atoms with E-state index in [2.05, 4.69) is 0 Å². The Morgan fingerprint density at radius 2 is 1.73 bits per heavy atom. The van der Waals surface area contributed by atoms with Crippen LogP contribution in [0.3, 0.4) is 0 Å². The van der Waals surface area contributed by atoms with E-state index in [0.717, 1.165) is 12.3 Å². The van der Waals surface area contributed by atoms with Gasteiger partial charge in [0.2, 0.25) is 0 Å². The zero-order valence-electron chi connectivity index (χ0n) is 7.28. The lowest BCUT2D eigenvalue weighted by Crippen LogP contribution is -1.96. The molecule has 68 valence electrons. The molecule has 0 aromatic rings. The predicted octanol–water partition coefficient (Wildman–Crippen LogP) is 2.57. The first kappa shape index (κ1) is 11.8. The summed E-state index contributed by atoms with van der Waals surface area (Å²) in [7, 11) is 1.24. The van der Waals surface area contributed by atoms with Crippen LogP contribution >= 0.6 is 23.2 Å². The average molecular weight is 213 g/mol. The lowest BCUT2D eigenvalue weighted by atomic mass is 10.1. The van der Waals surface area contributed by atoms with Crippen molar-refractivity contribution in [2.45, 2.75) is 43.5 Å². The molecule has 0 rings (SSSR count). The van der Waals surface area contributed by atoms with Gasteiger partial charge in [-0.25, -0.2) is 0 Å². The fourth-order valence-electron chi connectivity index (χ4n) is 1.02. The highest BCUT2D eigenvalue weighted by molar-refractivity contribution is 6.25. The maximum absolute atomic E-state index is 5.99. The first-order valence-electron chi connectivity index (χ1n) is 4.51. The Morgan fingerprint density at radius 1 is 1.09 bits per heavy atom. The van der Waals surface area contributed by atoms with Crippen LogP contribution in [0.1, 0.15) is 32.1 Å². The van der Waals surface area contributed by atoms with Crippen LogP contribution in [0, 0.1) is 0 Å². The second-order valence-electron chi connectivity index (χ2n) is 2.90. The third-order valence-electron chi connectivity index (χ3n) is 1.84. The van der Waals surface area contributed by atoms with Crippen LogP contribution in [0.2, 0.25) is 6.04 Å². The normalized spacial score (nSPS) is 13.6. The summed E-state index contributed by atoms with van der Waals surface area (Å²) < 4.78 is 0. The molecule has 0 fully saturated rings. The Hall–Kier alpha value is 0.797. The van der Waals surface area contributed by atoms with Crippen molar-refractivity contribution in [1.82, 2.24) is 0 Å². The van der Waals surface area contributed by atoms with Crippen LogP contribution in [-0.2, 0) is 0 Å². The van der Waals surface area contributed by atoms with Crippen LogP contribution < -0.4 is 0 Å². The molecule has 0 aliphatic carbocycles. The molecule has 0 aliphatic heterocycles. The van der Waals surface area contributed by atoms with Gasteiger partial charge in [0.1, 0.15) is 0 Å². The Balaban J connectivity index is 2.89. The summed E-state index contributed by atoms with van der Waals surface area (Å²) in [5, 5.41) is 0.456. The Morgan fingerprint density at radius 3 is 2.27 bits per heavy atom. The summed E-state index contributed by atoms with van der Waals surface area (Å²) in [4.78, 5) is 0. The van der Waals surface area contributed by atoms with Gasteiger partial charge in [-0.1, -0.05) is 19.3 Å². The number of unbranched alkanes of at least 4 members (excludes halogenated alkanes) is 3. The van der Waals surface area contributed by atoms with Gasteiger partial charge in [-0.05, 0) is 18.9 Å². The summed E-state index contributed by atoms with van der Waals surface area (Å²) in [6, 6.07) is 1.23. The summed E-state index contributed by atoms with van der Waals surface area (Å²) in [5.41, 5.74) is 0. The van der Waals surface area contributed by atoms with Gasteiger partial charge in [0.25, 0.3) is 0 Å². The van der Waals surface area contributed by atoms with Gasteiger partial charge in [0.05, 0.1) is 0 Å². The summed E-state index contributed by atoms with van der Waals surface area (Å²) in [6.07, 6.45) is 6.22. The van der Waals surface area contributed by atoms with Crippen molar-refractivity contribution in [3.63, 3.8) is 0 Å². The van der Waals surface area contributed by atoms with Crippen LogP contribution in [0.4, 0.5) is 0 Å². The molecule has 3 heteroatoms. The van der Waals surface area contributed by atoms with Gasteiger partial charge in [-0.2, -0.15) is 0 Å². The molecule has 0 amide bonds. The number of hydrogen-bond acceptors (Lipinski definition) is 0. The zero-order valence-corrected chi connectivity index (χ0v) is 10.8. The molecule has 1 unspecified atom stereocenters. The third kappa shape index (κ3) is 8.71. The van der Waals surface area contributed by atoms with E-state index in [9.17, 15) is 0 Å². The first-order chi connectivity index (χ1) is 5.31. The van der Waals surface area contributed by atoms with Crippen LogP contribution in [0.15, 0.2) is 0 Å². The van der Waals surface area contributed by atoms with Gasteiger partial charge >= 0.3 is 0 Å². The van der Waals surface area contributed by atoms with E-state index >= 15 is 0 Å². The minimum atomic E-state index is 0.456. The maximum atomic E-state index is 5.99.